The van der Waals surface area contributed by atoms with Gasteiger partial charge in [-0.05, 0) is 91.1 Å². The highest BCUT2D eigenvalue weighted by molar-refractivity contribution is 14.1. The van der Waals surface area contributed by atoms with Crippen LogP contribution in [-0.2, 0) is 0 Å². The first-order valence-electron chi connectivity index (χ1n) is 14.2. The molecule has 0 amide bonds. The molecule has 0 aliphatic rings. The molecule has 0 fully saturated rings. The Morgan fingerprint density at radius 2 is 1.02 bits per heavy atom. The number of phenolic OH excluding ortho intramolecular Hbond substituents is 1. The second-order valence-electron chi connectivity index (χ2n) is 9.82. The minimum Gasteiger partial charge on any atom is -0.508 e. The Hall–Kier alpha value is -4.51. The second-order valence-corrected chi connectivity index (χ2v) is 11.3. The summed E-state index contributed by atoms with van der Waals surface area (Å²) in [6, 6.07) is 31.0. The highest BCUT2D eigenvalue weighted by atomic mass is 127. The quantitative estimate of drug-likeness (QED) is 0.142. The molecule has 6 rings (SSSR count). The summed E-state index contributed by atoms with van der Waals surface area (Å²) in [6.45, 7) is 5.92. The van der Waals surface area contributed by atoms with E-state index >= 15 is 0 Å². The number of aromatic hydroxyl groups is 1. The maximum Gasteiger partial charge on any atom is 0.144 e. The molecular weight excluding hydrogens is 661 g/mol. The number of aryl methyl sites for hydroxylation is 2. The van der Waals surface area contributed by atoms with Crippen molar-refractivity contribution in [3.05, 3.63) is 109 Å². The van der Waals surface area contributed by atoms with Crippen molar-refractivity contribution in [1.29, 1.82) is 0 Å². The number of ether oxygens (including phenoxy) is 1. The van der Waals surface area contributed by atoms with E-state index in [0.717, 1.165) is 62.2 Å². The average molecular weight is 699 g/mol. The normalized spacial score (nSPS) is 10.3. The largest absolute Gasteiger partial charge is 0.508 e. The van der Waals surface area contributed by atoms with Gasteiger partial charge >= 0.3 is 0 Å². The van der Waals surface area contributed by atoms with Crippen molar-refractivity contribution in [3.8, 4) is 11.5 Å². The van der Waals surface area contributed by atoms with Crippen LogP contribution in [0.5, 0.6) is 11.5 Å². The first kappa shape index (κ1) is 32.4. The van der Waals surface area contributed by atoms with Crippen LogP contribution in [0.4, 0.5) is 23.0 Å². The summed E-state index contributed by atoms with van der Waals surface area (Å²) in [4.78, 5) is 22.1. The topological polar surface area (TPSA) is 87.5 Å². The number of methoxy groups -OCH3 is 1. The molecule has 0 atom stereocenters. The number of alkyl halides is 1. The molecule has 0 saturated carbocycles. The Bertz CT molecular complexity index is 1810. The summed E-state index contributed by atoms with van der Waals surface area (Å²) in [5.41, 5.74) is 3.91. The lowest BCUT2D eigenvalue weighted by Crippen LogP contribution is -2.12. The number of halogens is 1. The number of anilines is 4. The molecule has 0 aliphatic heterocycles. The molecule has 226 valence electrons. The summed E-state index contributed by atoms with van der Waals surface area (Å²) >= 11 is 2.29. The fraction of sp³-hybridized carbons (Fsp3) is 0.200. The smallest absolute Gasteiger partial charge is 0.144 e. The highest BCUT2D eigenvalue weighted by Gasteiger charge is 2.13. The molecule has 44 heavy (non-hydrogen) atoms. The molecule has 1 N–H and O–H groups in total. The van der Waals surface area contributed by atoms with Gasteiger partial charge < -0.3 is 19.6 Å². The van der Waals surface area contributed by atoms with Gasteiger partial charge in [0.15, 0.2) is 0 Å². The zero-order valence-electron chi connectivity index (χ0n) is 25.9. The van der Waals surface area contributed by atoms with Gasteiger partial charge in [-0.15, -0.1) is 0 Å². The van der Waals surface area contributed by atoms with Crippen LogP contribution in [-0.4, -0.2) is 50.7 Å². The molecule has 0 spiro atoms. The lowest BCUT2D eigenvalue weighted by atomic mass is 10.2. The maximum absolute atomic E-state index is 9.38. The summed E-state index contributed by atoms with van der Waals surface area (Å²) in [6.07, 6.45) is 0. The molecule has 2 heterocycles. The highest BCUT2D eigenvalue weighted by Crippen LogP contribution is 2.31. The molecule has 2 aromatic heterocycles. The molecule has 8 nitrogen and oxygen atoms in total. The Morgan fingerprint density at radius 1 is 0.636 bits per heavy atom. The predicted molar refractivity (Wildman–Crippen MR) is 190 cm³/mol. The third-order valence-electron chi connectivity index (χ3n) is 6.72. The van der Waals surface area contributed by atoms with E-state index in [0.29, 0.717) is 0 Å². The third-order valence-corrected chi connectivity index (χ3v) is 6.72. The number of aromatic nitrogens is 4. The van der Waals surface area contributed by atoms with Gasteiger partial charge in [-0.3, -0.25) is 0 Å². The van der Waals surface area contributed by atoms with Gasteiger partial charge in [-0.25, -0.2) is 19.9 Å². The molecule has 0 unspecified atom stereocenters. The fourth-order valence-electron chi connectivity index (χ4n) is 4.58. The van der Waals surface area contributed by atoms with Gasteiger partial charge in [0.1, 0.15) is 34.8 Å². The van der Waals surface area contributed by atoms with Crippen molar-refractivity contribution in [3.63, 3.8) is 0 Å². The average Bonchev–Trinajstić information content (AvgIpc) is 3.04. The van der Waals surface area contributed by atoms with Crippen molar-refractivity contribution >= 4 is 67.4 Å². The Morgan fingerprint density at radius 3 is 1.43 bits per heavy atom. The number of hydrogen-bond acceptors (Lipinski definition) is 8. The van der Waals surface area contributed by atoms with Crippen molar-refractivity contribution < 1.29 is 9.84 Å². The molecule has 0 radical (unpaired) electrons. The SMILES string of the molecule is C[11CH2]I.Cc1nc(N(C)c2ccc(O)cc2)c2ccccc2n1.Cc1nc(N(C)c2ccc(O[11CH3])cc2)c2ccccc2n1. The number of benzene rings is 4. The predicted octanol–water partition coefficient (Wildman–Crippen LogP) is 8.57. The van der Waals surface area contributed by atoms with E-state index in [-0.39, 0.29) is 5.75 Å². The van der Waals surface area contributed by atoms with E-state index in [1.165, 1.54) is 4.43 Å². The van der Waals surface area contributed by atoms with Gasteiger partial charge in [0.25, 0.3) is 0 Å². The minimum absolute atomic E-state index is 0.255. The zero-order valence-corrected chi connectivity index (χ0v) is 28.0. The van der Waals surface area contributed by atoms with Crippen LogP contribution in [0.15, 0.2) is 97.1 Å². The number of nitrogens with zero attached hydrogens (tertiary/aromatic N) is 6. The number of phenols is 1. The summed E-state index contributed by atoms with van der Waals surface area (Å²) in [5.74, 6) is 4.37. The van der Waals surface area contributed by atoms with Crippen LogP contribution in [0.1, 0.15) is 18.6 Å². The standard InChI is InChI=1S/C17H17N3O.C16H15N3O.C2H5I/c1-12-18-16-7-5-4-6-15(16)17(19-12)20(2)13-8-10-14(21-3)11-9-13;1-11-17-15-6-4-3-5-14(15)16(18-11)19(2)12-7-9-13(20)10-8-12;1-2-3/h4-11H,1-3H3;3-10,20H,1-2H3;2H2,1H3/i3-1;;2-1. The van der Waals surface area contributed by atoms with Crippen molar-refractivity contribution in [2.75, 3.05) is 35.4 Å². The number of hydrogen-bond donors (Lipinski definition) is 1. The Kier molecular flexibility index (Phi) is 11.3. The van der Waals surface area contributed by atoms with Crippen LogP contribution in [0.25, 0.3) is 21.8 Å². The maximum atomic E-state index is 9.38. The third kappa shape index (κ3) is 7.90. The summed E-state index contributed by atoms with van der Waals surface area (Å²) in [5, 5.41) is 11.4. The van der Waals surface area contributed by atoms with E-state index in [1.54, 1.807) is 19.2 Å². The van der Waals surface area contributed by atoms with Crippen molar-refractivity contribution in [2.45, 2.75) is 20.8 Å². The Balaban J connectivity index is 0.000000185. The van der Waals surface area contributed by atoms with Crippen molar-refractivity contribution in [1.82, 2.24) is 19.9 Å². The molecule has 9 heteroatoms. The molecule has 0 bridgehead atoms. The van der Waals surface area contributed by atoms with Gasteiger partial charge in [0.05, 0.1) is 18.1 Å². The van der Waals surface area contributed by atoms with Crippen LogP contribution in [0, 0.1) is 13.8 Å². The first-order chi connectivity index (χ1) is 21.2. The van der Waals surface area contributed by atoms with Gasteiger partial charge in [0.2, 0.25) is 0 Å². The summed E-state index contributed by atoms with van der Waals surface area (Å²) < 4.78 is 6.42. The van der Waals surface area contributed by atoms with E-state index in [2.05, 4.69) is 54.4 Å². The van der Waals surface area contributed by atoms with E-state index in [4.69, 9.17) is 4.74 Å². The van der Waals surface area contributed by atoms with E-state index in [9.17, 15) is 5.11 Å². The molecule has 6 aromatic rings. The number of fused-ring (bicyclic) bond motifs is 2. The van der Waals surface area contributed by atoms with E-state index < -0.39 is 0 Å². The number of para-hydroxylation sites is 2. The van der Waals surface area contributed by atoms with Crippen LogP contribution in [0.2, 0.25) is 0 Å². The van der Waals surface area contributed by atoms with Crippen molar-refractivity contribution in [2.24, 2.45) is 0 Å². The Labute approximate surface area is 272 Å². The van der Waals surface area contributed by atoms with Gasteiger partial charge in [-0.1, -0.05) is 53.8 Å². The molecular formula is C35H37IN6O2. The molecule has 0 aliphatic carbocycles. The summed E-state index contributed by atoms with van der Waals surface area (Å²) in [7, 11) is 5.64. The van der Waals surface area contributed by atoms with Crippen LogP contribution in [0.3, 0.4) is 0 Å². The lowest BCUT2D eigenvalue weighted by Gasteiger charge is -2.20. The zero-order chi connectivity index (χ0) is 31.6. The van der Waals surface area contributed by atoms with Gasteiger partial charge in [-0.2, -0.15) is 0 Å². The second kappa shape index (κ2) is 15.3. The van der Waals surface area contributed by atoms with Crippen LogP contribution >= 0.6 is 22.6 Å². The monoisotopic (exact) mass is 698 g/mol. The van der Waals surface area contributed by atoms with Crippen LogP contribution < -0.4 is 14.5 Å². The lowest BCUT2D eigenvalue weighted by molar-refractivity contribution is 0.415. The molecule has 4 aromatic carbocycles. The first-order valence-corrected chi connectivity index (χ1v) is 15.7. The fourth-order valence-corrected chi connectivity index (χ4v) is 4.58. The minimum atomic E-state index is 0.255. The van der Waals surface area contributed by atoms with Gasteiger partial charge in [0, 0.05) is 36.2 Å². The molecule has 0 saturated heterocycles. The van der Waals surface area contributed by atoms with E-state index in [1.807, 2.05) is 118 Å². The number of rotatable bonds is 5.